The van der Waals surface area contributed by atoms with E-state index in [1.807, 2.05) is 64.1 Å². The van der Waals surface area contributed by atoms with Crippen LogP contribution in [0.3, 0.4) is 0 Å². The van der Waals surface area contributed by atoms with Crippen LogP contribution >= 0.6 is 0 Å². The molecule has 266 valence electrons. The minimum absolute atomic E-state index is 0. The average molecular weight is 675 g/mol. The summed E-state index contributed by atoms with van der Waals surface area (Å²) in [6, 6.07) is 12.0. The Morgan fingerprint density at radius 3 is 1.84 bits per heavy atom. The Kier molecular flexibility index (Phi) is 11.7. The van der Waals surface area contributed by atoms with Crippen molar-refractivity contribution < 1.29 is 33.7 Å². The number of carbonyl (C=O) groups excluding carboxylic acids is 3. The van der Waals surface area contributed by atoms with Crippen LogP contribution in [0.25, 0.3) is 11.1 Å². The lowest BCUT2D eigenvalue weighted by molar-refractivity contribution is -0.117. The van der Waals surface area contributed by atoms with Crippen LogP contribution in [0.2, 0.25) is 0 Å². The van der Waals surface area contributed by atoms with E-state index < -0.39 is 17.2 Å². The summed E-state index contributed by atoms with van der Waals surface area (Å²) in [5.41, 5.74) is 5.47. The molecule has 0 aromatic heterocycles. The normalized spacial score (nSPS) is 26.2. The number of benzene rings is 2. The summed E-state index contributed by atoms with van der Waals surface area (Å²) in [6.07, 6.45) is 6.01. The van der Waals surface area contributed by atoms with Gasteiger partial charge in [-0.2, -0.15) is 0 Å². The average Bonchev–Trinajstić information content (AvgIpc) is 3.45. The Hall–Kier alpha value is -4.11. The first-order valence-corrected chi connectivity index (χ1v) is 17.2. The molecule has 2 aromatic carbocycles. The first-order valence-electron chi connectivity index (χ1n) is 17.2. The third kappa shape index (κ3) is 7.57. The van der Waals surface area contributed by atoms with Gasteiger partial charge < -0.3 is 30.0 Å². The molecule has 0 radical (unpaired) electrons. The van der Waals surface area contributed by atoms with Crippen molar-refractivity contribution in [2.45, 2.75) is 118 Å². The van der Waals surface area contributed by atoms with Gasteiger partial charge in [0.1, 0.15) is 11.5 Å². The van der Waals surface area contributed by atoms with E-state index >= 15 is 0 Å². The number of nitrogens with one attached hydrogen (secondary N) is 2. The van der Waals surface area contributed by atoms with E-state index in [-0.39, 0.29) is 37.7 Å². The molecule has 2 spiro atoms. The largest absolute Gasteiger partial charge is 0.513 e. The molecule has 0 saturated heterocycles. The first kappa shape index (κ1) is 37.7. The minimum Gasteiger partial charge on any atom is -0.509 e. The van der Waals surface area contributed by atoms with E-state index in [9.17, 15) is 19.5 Å². The molecular formula is C40H54N2O7. The Balaban J connectivity index is 0.000000223. The molecule has 2 aromatic rings. The van der Waals surface area contributed by atoms with Crippen molar-refractivity contribution in [3.05, 3.63) is 81.3 Å². The van der Waals surface area contributed by atoms with E-state index in [2.05, 4.69) is 17.6 Å². The molecular weight excluding hydrogens is 620 g/mol. The predicted octanol–water partition coefficient (Wildman–Crippen LogP) is 7.93. The van der Waals surface area contributed by atoms with Gasteiger partial charge in [0.05, 0.1) is 34.9 Å². The van der Waals surface area contributed by atoms with Crippen LogP contribution in [0.1, 0.15) is 106 Å². The smallest absolute Gasteiger partial charge is 0.509 e. The van der Waals surface area contributed by atoms with Crippen LogP contribution in [0.15, 0.2) is 47.9 Å². The zero-order valence-electron chi connectivity index (χ0n) is 29.4. The Morgan fingerprint density at radius 2 is 1.31 bits per heavy atom. The van der Waals surface area contributed by atoms with Gasteiger partial charge in [0, 0.05) is 7.11 Å². The number of ether oxygens (including phenoxy) is 3. The monoisotopic (exact) mass is 674 g/mol. The number of rotatable bonds is 5. The molecule has 2 heterocycles. The second kappa shape index (κ2) is 15.2. The maximum absolute atomic E-state index is 13.0. The number of aliphatic hydroxyl groups is 1. The highest BCUT2D eigenvalue weighted by Gasteiger charge is 2.51. The predicted molar refractivity (Wildman–Crippen MR) is 192 cm³/mol. The van der Waals surface area contributed by atoms with Crippen molar-refractivity contribution >= 4 is 29.1 Å². The summed E-state index contributed by atoms with van der Waals surface area (Å²) in [4.78, 5) is 37.6. The molecule has 6 rings (SSSR count). The summed E-state index contributed by atoms with van der Waals surface area (Å²) < 4.78 is 16.1. The Bertz CT molecular complexity index is 1640. The number of methoxy groups -OCH3 is 1. The maximum Gasteiger partial charge on any atom is 0.513 e. The number of aliphatic hydroxyl groups excluding tert-OH is 1. The lowest BCUT2D eigenvalue weighted by Gasteiger charge is -2.37. The van der Waals surface area contributed by atoms with Gasteiger partial charge in [-0.1, -0.05) is 61.9 Å². The molecule has 2 saturated carbocycles. The third-order valence-corrected chi connectivity index (χ3v) is 10.5. The Morgan fingerprint density at radius 1 is 0.816 bits per heavy atom. The van der Waals surface area contributed by atoms with Crippen molar-refractivity contribution in [1.29, 1.82) is 0 Å². The van der Waals surface area contributed by atoms with Crippen LogP contribution in [-0.4, -0.2) is 54.0 Å². The molecule has 9 heteroatoms. The lowest BCUT2D eigenvalue weighted by atomic mass is 9.76. The van der Waals surface area contributed by atoms with Crippen LogP contribution < -0.4 is 10.6 Å². The molecule has 2 aliphatic carbocycles. The first-order chi connectivity index (χ1) is 22.8. The molecule has 3 N–H and O–H groups in total. The molecule has 2 fully saturated rings. The number of carbonyl (C=O) groups is 3. The van der Waals surface area contributed by atoms with Gasteiger partial charge >= 0.3 is 6.16 Å². The van der Waals surface area contributed by atoms with Crippen molar-refractivity contribution in [3.63, 3.8) is 0 Å². The Labute approximate surface area is 291 Å². The van der Waals surface area contributed by atoms with E-state index in [1.54, 1.807) is 14.0 Å². The highest BCUT2D eigenvalue weighted by Crippen LogP contribution is 2.45. The molecule has 0 atom stereocenters. The number of hydrogen-bond donors (Lipinski definition) is 3. The minimum atomic E-state index is -0.778. The lowest BCUT2D eigenvalue weighted by Crippen LogP contribution is -2.49. The third-order valence-electron chi connectivity index (χ3n) is 10.5. The maximum atomic E-state index is 13.0. The summed E-state index contributed by atoms with van der Waals surface area (Å²) >= 11 is 0. The van der Waals surface area contributed by atoms with Gasteiger partial charge in [-0.05, 0) is 114 Å². The fraction of sp³-hybridized carbons (Fsp3) is 0.525. The standard InChI is InChI=1S/C21H27NO5.C18H23NO2.CH4/c1-5-26-20(24)27-18-17(16-12-13(2)6-7-14(16)3)19(23)22-21(18)10-8-15(25-4)9-11-21;1-11-6-8-18(9-7-11)16(20)15(17(21)19-18)14-10-12(2)4-5-13(14)3;/h6-7,12,15H,5,8-11H2,1-4H3,(H,22,23);4-5,10-11,20H,6-9H2,1-3H3,(H,19,21);1H4. The van der Waals surface area contributed by atoms with Crippen LogP contribution in [0.4, 0.5) is 4.79 Å². The van der Waals surface area contributed by atoms with Crippen molar-refractivity contribution in [2.24, 2.45) is 5.92 Å². The molecule has 2 aliphatic heterocycles. The number of aryl methyl sites for hydroxylation is 4. The van der Waals surface area contributed by atoms with Crippen LogP contribution in [0.5, 0.6) is 0 Å². The molecule has 9 nitrogen and oxygen atoms in total. The summed E-state index contributed by atoms with van der Waals surface area (Å²) in [5.74, 6) is 0.974. The second-order valence-corrected chi connectivity index (χ2v) is 14.0. The van der Waals surface area contributed by atoms with E-state index in [1.165, 1.54) is 0 Å². The van der Waals surface area contributed by atoms with E-state index in [4.69, 9.17) is 14.2 Å². The van der Waals surface area contributed by atoms with Crippen molar-refractivity contribution in [1.82, 2.24) is 10.6 Å². The molecule has 49 heavy (non-hydrogen) atoms. The van der Waals surface area contributed by atoms with E-state index in [0.717, 1.165) is 71.9 Å². The van der Waals surface area contributed by atoms with Gasteiger partial charge in [-0.3, -0.25) is 9.59 Å². The highest BCUT2D eigenvalue weighted by atomic mass is 16.7. The quantitative estimate of drug-likeness (QED) is 0.275. The summed E-state index contributed by atoms with van der Waals surface area (Å²) in [6.45, 7) is 12.1. The van der Waals surface area contributed by atoms with E-state index in [0.29, 0.717) is 35.7 Å². The second-order valence-electron chi connectivity index (χ2n) is 14.0. The molecule has 0 unspecified atom stereocenters. The number of amides is 2. The fourth-order valence-electron chi connectivity index (χ4n) is 7.54. The van der Waals surface area contributed by atoms with Crippen molar-refractivity contribution in [2.75, 3.05) is 13.7 Å². The van der Waals surface area contributed by atoms with Gasteiger partial charge in [0.25, 0.3) is 11.8 Å². The van der Waals surface area contributed by atoms with Gasteiger partial charge in [-0.25, -0.2) is 4.79 Å². The molecule has 0 bridgehead atoms. The summed E-state index contributed by atoms with van der Waals surface area (Å²) in [5, 5.41) is 17.0. The van der Waals surface area contributed by atoms with Crippen molar-refractivity contribution in [3.8, 4) is 0 Å². The SMILES string of the molecule is C.CCOC(=O)OC1=C(c2cc(C)ccc2C)C(=O)NC12CCC(OC)CC2.Cc1ccc(C)c(C2=C(O)C3(CCC(C)CC3)NC2=O)c1. The van der Waals surface area contributed by atoms with Crippen LogP contribution in [0, 0.1) is 33.6 Å². The molecule has 4 aliphatic rings. The van der Waals surface area contributed by atoms with Gasteiger partial charge in [-0.15, -0.1) is 0 Å². The van der Waals surface area contributed by atoms with Gasteiger partial charge in [0.2, 0.25) is 0 Å². The highest BCUT2D eigenvalue weighted by molar-refractivity contribution is 6.24. The summed E-state index contributed by atoms with van der Waals surface area (Å²) in [7, 11) is 1.70. The zero-order chi connectivity index (χ0) is 34.8. The number of hydrogen-bond acceptors (Lipinski definition) is 7. The molecule has 2 amide bonds. The fourth-order valence-corrected chi connectivity index (χ4v) is 7.54. The topological polar surface area (TPSA) is 123 Å². The van der Waals surface area contributed by atoms with Gasteiger partial charge in [0.15, 0.2) is 0 Å². The zero-order valence-corrected chi connectivity index (χ0v) is 29.4. The van der Waals surface area contributed by atoms with Crippen LogP contribution in [-0.2, 0) is 23.8 Å².